The highest BCUT2D eigenvalue weighted by Gasteiger charge is 2.94. The maximum atomic E-state index is 14.2. The van der Waals surface area contributed by atoms with E-state index in [1.165, 1.54) is 0 Å². The largest absolute Gasteiger partial charge is 0.481 e. The van der Waals surface area contributed by atoms with E-state index in [1.807, 2.05) is 0 Å². The third kappa shape index (κ3) is 4.83. The van der Waals surface area contributed by atoms with Crippen molar-refractivity contribution in [1.29, 1.82) is 0 Å². The predicted octanol–water partition coefficient (Wildman–Crippen LogP) is 4.82. The number of primary sulfonamides is 1. The summed E-state index contributed by atoms with van der Waals surface area (Å²) >= 11 is 0. The molecule has 0 spiro atoms. The predicted molar refractivity (Wildman–Crippen MR) is 76.3 cm³/mol. The summed E-state index contributed by atoms with van der Waals surface area (Å²) in [4.78, 5) is 9.00. The molecule has 0 bridgehead atoms. The number of carboxylic acid groups (broad SMARTS) is 1. The van der Waals surface area contributed by atoms with E-state index < -0.39 is 76.0 Å². The summed E-state index contributed by atoms with van der Waals surface area (Å²) in [5.41, 5.74) is -7.15. The Bertz CT molecular complexity index is 849. The number of halogens is 16. The van der Waals surface area contributed by atoms with Crippen LogP contribution < -0.4 is 5.14 Å². The van der Waals surface area contributed by atoms with Crippen molar-refractivity contribution in [2.75, 3.05) is 0 Å². The van der Waals surface area contributed by atoms with Gasteiger partial charge in [-0.3, -0.25) is 4.79 Å². The summed E-state index contributed by atoms with van der Waals surface area (Å²) in [6.07, 6.45) is -10.9. The van der Waals surface area contributed by atoms with Gasteiger partial charge in [0.25, 0.3) is 16.0 Å². The van der Waals surface area contributed by atoms with Crippen LogP contribution in [0.25, 0.3) is 0 Å². The Kier molecular flexibility index (Phi) is 9.16. The van der Waals surface area contributed by atoms with Crippen molar-refractivity contribution in [1.82, 2.24) is 0 Å². The molecule has 1 atom stereocenters. The molecule has 0 fully saturated rings. The second-order valence-corrected chi connectivity index (χ2v) is 7.71. The lowest BCUT2D eigenvalue weighted by atomic mass is 9.80. The van der Waals surface area contributed by atoms with E-state index in [-0.39, 0.29) is 0 Å². The molecule has 0 aliphatic rings. The van der Waals surface area contributed by atoms with E-state index in [1.54, 1.807) is 0 Å². The molecule has 5 nitrogen and oxygen atoms in total. The van der Waals surface area contributed by atoms with Gasteiger partial charge in [0.05, 0.1) is 0 Å². The smallest absolute Gasteiger partial charge is 0.460 e. The first-order chi connectivity index (χ1) is 14.3. The Labute approximate surface area is 177 Å². The lowest BCUT2D eigenvalue weighted by molar-refractivity contribution is -0.444. The summed E-state index contributed by atoms with van der Waals surface area (Å²) in [7, 11) is -7.16. The van der Waals surface area contributed by atoms with Crippen molar-refractivity contribution in [3.8, 4) is 0 Å². The van der Waals surface area contributed by atoms with Gasteiger partial charge in [0.15, 0.2) is 0 Å². The number of carbonyl (C=O) groups is 1. The minimum absolute atomic E-state index is 0.461. The van der Waals surface area contributed by atoms with Crippen molar-refractivity contribution in [2.45, 2.75) is 67.0 Å². The molecule has 0 radical (unpaired) electrons. The van der Waals surface area contributed by atoms with Crippen molar-refractivity contribution in [3.05, 3.63) is 0 Å². The van der Waals surface area contributed by atoms with Gasteiger partial charge in [-0.2, -0.15) is 65.9 Å². The molecule has 0 rings (SSSR count). The fourth-order valence-electron chi connectivity index (χ4n) is 1.87. The van der Waals surface area contributed by atoms with Crippen molar-refractivity contribution in [3.63, 3.8) is 0 Å². The van der Waals surface area contributed by atoms with E-state index in [2.05, 4.69) is 5.14 Å². The zero-order valence-corrected chi connectivity index (χ0v) is 16.7. The second kappa shape index (κ2) is 9.04. The van der Waals surface area contributed by atoms with E-state index in [0.717, 1.165) is 6.92 Å². The van der Waals surface area contributed by atoms with Gasteiger partial charge in [-0.25, -0.2) is 17.9 Å². The molecular weight excluding hydrogens is 558 g/mol. The molecule has 0 saturated heterocycles. The standard InChI is InChI=1S/C10H7F16NO2S.C2H4O2/c1-2-3(11,5(14,15)10(25,26)30(27,28)29)4(12,13)6(16,17)7(18,19)8(20,21)9(22,23)24;1-2(3)4/h2H2,1H3,(H2,27,28,29);1H3,(H,3,4). The van der Waals surface area contributed by atoms with Crippen LogP contribution in [0.4, 0.5) is 70.2 Å². The Balaban J connectivity index is 0. The third-order valence-electron chi connectivity index (χ3n) is 3.74. The zero-order chi connectivity index (χ0) is 28.8. The number of carboxylic acids is 1. The summed E-state index contributed by atoms with van der Waals surface area (Å²) in [6, 6.07) is 0. The van der Waals surface area contributed by atoms with Crippen LogP contribution >= 0.6 is 0 Å². The first-order valence-electron chi connectivity index (χ1n) is 7.54. The second-order valence-electron chi connectivity index (χ2n) is 6.11. The molecule has 22 heteroatoms. The maximum absolute atomic E-state index is 14.2. The minimum Gasteiger partial charge on any atom is -0.481 e. The van der Waals surface area contributed by atoms with E-state index in [0.29, 0.717) is 0 Å². The van der Waals surface area contributed by atoms with Gasteiger partial charge in [0.1, 0.15) is 0 Å². The quantitative estimate of drug-likeness (QED) is 0.410. The van der Waals surface area contributed by atoms with Crippen molar-refractivity contribution < 1.29 is 88.6 Å². The number of aliphatic carboxylic acids is 1. The molecule has 0 aromatic rings. The van der Waals surface area contributed by atoms with Crippen LogP contribution in [0.15, 0.2) is 0 Å². The SMILES string of the molecule is CC(=O)O.CCC(F)(C(F)(F)C(F)(F)C(F)(F)C(F)(F)C(F)(F)F)C(F)(F)C(F)(F)S(N)(=O)=O. The topological polar surface area (TPSA) is 97.5 Å². The normalized spacial score (nSPS) is 16.9. The fraction of sp³-hybridized carbons (Fsp3) is 0.917. The van der Waals surface area contributed by atoms with Gasteiger partial charge in [0, 0.05) is 6.92 Å². The number of nitrogens with two attached hydrogens (primary N) is 1. The molecule has 0 aliphatic heterocycles. The molecule has 0 heterocycles. The Hall–Kier alpha value is -1.74. The van der Waals surface area contributed by atoms with Crippen LogP contribution in [0.1, 0.15) is 20.3 Å². The molecule has 0 aromatic heterocycles. The van der Waals surface area contributed by atoms with Crippen LogP contribution in [-0.2, 0) is 14.8 Å². The van der Waals surface area contributed by atoms with Crippen molar-refractivity contribution >= 4 is 16.0 Å². The average Bonchev–Trinajstić information content (AvgIpc) is 2.57. The number of rotatable bonds is 8. The van der Waals surface area contributed by atoms with Gasteiger partial charge in [-0.05, 0) is 6.42 Å². The van der Waals surface area contributed by atoms with Crippen LogP contribution in [-0.4, -0.2) is 66.2 Å². The van der Waals surface area contributed by atoms with Crippen LogP contribution in [0.3, 0.4) is 0 Å². The van der Waals surface area contributed by atoms with Gasteiger partial charge in [0.2, 0.25) is 5.67 Å². The maximum Gasteiger partial charge on any atom is 0.460 e. The number of hydrogen-bond donors (Lipinski definition) is 2. The molecule has 0 amide bonds. The lowest BCUT2D eigenvalue weighted by Gasteiger charge is -2.45. The van der Waals surface area contributed by atoms with Gasteiger partial charge in [-0.1, -0.05) is 6.92 Å². The molecule has 206 valence electrons. The lowest BCUT2D eigenvalue weighted by Crippen LogP contribution is -2.76. The average molecular weight is 569 g/mol. The Morgan fingerprint density at radius 3 is 1.15 bits per heavy atom. The zero-order valence-electron chi connectivity index (χ0n) is 15.9. The molecule has 1 unspecified atom stereocenters. The van der Waals surface area contributed by atoms with Gasteiger partial charge in [-0.15, -0.1) is 0 Å². The molecule has 3 N–H and O–H groups in total. The van der Waals surface area contributed by atoms with Crippen molar-refractivity contribution in [2.24, 2.45) is 5.14 Å². The molecule has 0 saturated carbocycles. The first-order valence-corrected chi connectivity index (χ1v) is 9.08. The summed E-state index contributed by atoms with van der Waals surface area (Å²) in [5.74, 6) is -41.6. The fourth-order valence-corrected chi connectivity index (χ4v) is 2.39. The van der Waals surface area contributed by atoms with E-state index in [4.69, 9.17) is 9.90 Å². The highest BCUT2D eigenvalue weighted by atomic mass is 32.2. The summed E-state index contributed by atoms with van der Waals surface area (Å²) in [6.45, 7) is 0.622. The summed E-state index contributed by atoms with van der Waals surface area (Å²) in [5, 5.41) is 3.71. The highest BCUT2D eigenvalue weighted by Crippen LogP contribution is 2.64. The van der Waals surface area contributed by atoms with Crippen LogP contribution in [0.5, 0.6) is 0 Å². The molecular formula is C12H11F16NO4S. The van der Waals surface area contributed by atoms with Crippen LogP contribution in [0, 0.1) is 0 Å². The highest BCUT2D eigenvalue weighted by molar-refractivity contribution is 7.90. The first kappa shape index (κ1) is 34.4. The third-order valence-corrected chi connectivity index (χ3v) is 4.72. The molecule has 0 aromatic carbocycles. The summed E-state index contributed by atoms with van der Waals surface area (Å²) < 4.78 is 231. The van der Waals surface area contributed by atoms with Gasteiger partial charge < -0.3 is 5.11 Å². The number of sulfonamides is 1. The Morgan fingerprint density at radius 2 is 0.941 bits per heavy atom. The number of alkyl halides is 16. The minimum atomic E-state index is -8.44. The molecule has 0 aliphatic carbocycles. The monoisotopic (exact) mass is 569 g/mol. The van der Waals surface area contributed by atoms with Crippen LogP contribution in [0.2, 0.25) is 0 Å². The molecule has 34 heavy (non-hydrogen) atoms. The Morgan fingerprint density at radius 1 is 0.676 bits per heavy atom. The number of hydrogen-bond acceptors (Lipinski definition) is 3. The van der Waals surface area contributed by atoms with E-state index >= 15 is 0 Å². The van der Waals surface area contributed by atoms with Gasteiger partial charge >= 0.3 is 41.0 Å². The van der Waals surface area contributed by atoms with E-state index in [9.17, 15) is 78.7 Å².